The van der Waals surface area contributed by atoms with Crippen molar-refractivity contribution < 1.29 is 8.42 Å². The number of aromatic nitrogens is 2. The molecule has 0 fully saturated rings. The van der Waals surface area contributed by atoms with Crippen LogP contribution in [-0.2, 0) is 16.6 Å². The van der Waals surface area contributed by atoms with E-state index in [2.05, 4.69) is 9.82 Å². The summed E-state index contributed by atoms with van der Waals surface area (Å²) in [5, 5.41) is 3.83. The molecule has 0 aliphatic rings. The van der Waals surface area contributed by atoms with Crippen LogP contribution in [-0.4, -0.2) is 23.4 Å². The minimum Gasteiger partial charge on any atom is -0.241 e. The quantitative estimate of drug-likeness (QED) is 0.854. The van der Waals surface area contributed by atoms with Gasteiger partial charge in [-0.05, 0) is 36.6 Å². The molecule has 0 saturated heterocycles. The Morgan fingerprint density at radius 2 is 1.86 bits per heavy atom. The van der Waals surface area contributed by atoms with Crippen molar-refractivity contribution in [3.8, 4) is 5.69 Å². The zero-order valence-corrected chi connectivity index (χ0v) is 13.2. The number of rotatable bonds is 7. The van der Waals surface area contributed by atoms with E-state index < -0.39 is 10.0 Å². The molecule has 0 spiro atoms. The maximum Gasteiger partial charge on any atom is 0.214 e. The van der Waals surface area contributed by atoms with Gasteiger partial charge in [0.2, 0.25) is 10.0 Å². The lowest BCUT2D eigenvalue weighted by Crippen LogP contribution is -2.33. The van der Waals surface area contributed by atoms with Gasteiger partial charge in [-0.2, -0.15) is 5.10 Å². The van der Waals surface area contributed by atoms with Crippen molar-refractivity contribution in [3.05, 3.63) is 48.3 Å². The smallest absolute Gasteiger partial charge is 0.214 e. The summed E-state index contributed by atoms with van der Waals surface area (Å²) in [6.45, 7) is 4.11. The average molecular weight is 307 g/mol. The molecule has 0 aliphatic heterocycles. The largest absolute Gasteiger partial charge is 0.241 e. The van der Waals surface area contributed by atoms with E-state index in [-0.39, 0.29) is 5.25 Å². The molecule has 0 bridgehead atoms. The maximum atomic E-state index is 12.1. The zero-order chi connectivity index (χ0) is 15.3. The molecule has 21 heavy (non-hydrogen) atoms. The average Bonchev–Trinajstić information content (AvgIpc) is 3.01. The van der Waals surface area contributed by atoms with Crippen molar-refractivity contribution in [2.24, 2.45) is 0 Å². The Morgan fingerprint density at radius 1 is 1.19 bits per heavy atom. The highest BCUT2D eigenvalue weighted by molar-refractivity contribution is 7.90. The van der Waals surface area contributed by atoms with Crippen molar-refractivity contribution in [3.63, 3.8) is 0 Å². The van der Waals surface area contributed by atoms with Gasteiger partial charge in [0.25, 0.3) is 0 Å². The van der Waals surface area contributed by atoms with E-state index in [0.717, 1.165) is 11.3 Å². The van der Waals surface area contributed by atoms with Crippen molar-refractivity contribution in [2.45, 2.75) is 38.5 Å². The Morgan fingerprint density at radius 3 is 2.38 bits per heavy atom. The van der Waals surface area contributed by atoms with E-state index in [4.69, 9.17) is 0 Å². The number of sulfonamides is 1. The number of benzene rings is 1. The number of hydrogen-bond donors (Lipinski definition) is 1. The monoisotopic (exact) mass is 307 g/mol. The first-order valence-corrected chi connectivity index (χ1v) is 8.69. The van der Waals surface area contributed by atoms with E-state index >= 15 is 0 Å². The molecule has 1 aromatic heterocycles. The van der Waals surface area contributed by atoms with Crippen molar-refractivity contribution in [1.82, 2.24) is 14.5 Å². The van der Waals surface area contributed by atoms with Gasteiger partial charge in [-0.3, -0.25) is 0 Å². The molecule has 114 valence electrons. The van der Waals surface area contributed by atoms with Crippen LogP contribution >= 0.6 is 0 Å². The van der Waals surface area contributed by atoms with Gasteiger partial charge in [-0.1, -0.05) is 26.0 Å². The Balaban J connectivity index is 2.01. The minimum absolute atomic E-state index is 0.318. The van der Waals surface area contributed by atoms with Gasteiger partial charge in [0.05, 0.1) is 10.9 Å². The number of nitrogens with zero attached hydrogens (tertiary/aromatic N) is 2. The first-order chi connectivity index (χ1) is 10.1. The van der Waals surface area contributed by atoms with Crippen molar-refractivity contribution in [2.75, 3.05) is 0 Å². The van der Waals surface area contributed by atoms with E-state index in [0.29, 0.717) is 19.4 Å². The standard InChI is InChI=1S/C15H21N3O2S/c1-3-15(4-2)21(19,20)17-12-13-6-8-14(9-7-13)18-11-5-10-16-18/h5-11,15,17H,3-4,12H2,1-2H3. The van der Waals surface area contributed by atoms with Crippen LogP contribution in [0.3, 0.4) is 0 Å². The van der Waals surface area contributed by atoms with E-state index in [1.807, 2.05) is 50.4 Å². The molecule has 2 aromatic rings. The van der Waals surface area contributed by atoms with Gasteiger partial charge >= 0.3 is 0 Å². The SMILES string of the molecule is CCC(CC)S(=O)(=O)NCc1ccc(-n2cccn2)cc1. The first-order valence-electron chi connectivity index (χ1n) is 7.14. The van der Waals surface area contributed by atoms with Crippen LogP contribution in [0.4, 0.5) is 0 Å². The topological polar surface area (TPSA) is 64.0 Å². The Kier molecular flexibility index (Phi) is 5.14. The first kappa shape index (κ1) is 15.7. The highest BCUT2D eigenvalue weighted by Crippen LogP contribution is 2.11. The summed E-state index contributed by atoms with van der Waals surface area (Å²) in [4.78, 5) is 0. The molecular formula is C15H21N3O2S. The fourth-order valence-electron chi connectivity index (χ4n) is 2.22. The molecule has 5 nitrogen and oxygen atoms in total. The molecule has 0 radical (unpaired) electrons. The fourth-order valence-corrected chi connectivity index (χ4v) is 3.70. The van der Waals surface area contributed by atoms with E-state index in [1.165, 1.54) is 0 Å². The normalized spacial score (nSPS) is 12.0. The summed E-state index contributed by atoms with van der Waals surface area (Å²) >= 11 is 0. The second kappa shape index (κ2) is 6.87. The molecule has 1 aromatic carbocycles. The lowest BCUT2D eigenvalue weighted by Gasteiger charge is -2.14. The Bertz CT molecular complexity index is 645. The Labute approximate surface area is 126 Å². The van der Waals surface area contributed by atoms with Crippen LogP contribution in [0.2, 0.25) is 0 Å². The molecule has 2 rings (SSSR count). The van der Waals surface area contributed by atoms with Crippen LogP contribution in [0, 0.1) is 0 Å². The zero-order valence-electron chi connectivity index (χ0n) is 12.4. The lowest BCUT2D eigenvalue weighted by molar-refractivity contribution is 0.556. The second-order valence-electron chi connectivity index (χ2n) is 4.92. The van der Waals surface area contributed by atoms with Gasteiger partial charge in [-0.15, -0.1) is 0 Å². The van der Waals surface area contributed by atoms with Crippen molar-refractivity contribution in [1.29, 1.82) is 0 Å². The molecule has 1 heterocycles. The van der Waals surface area contributed by atoms with Crippen LogP contribution < -0.4 is 4.72 Å². The molecule has 0 atom stereocenters. The summed E-state index contributed by atoms with van der Waals surface area (Å²) in [7, 11) is -3.24. The van der Waals surface area contributed by atoms with Crippen LogP contribution in [0.5, 0.6) is 0 Å². The highest BCUT2D eigenvalue weighted by atomic mass is 32.2. The predicted octanol–water partition coefficient (Wildman–Crippen LogP) is 2.48. The van der Waals surface area contributed by atoms with Crippen molar-refractivity contribution >= 4 is 10.0 Å². The molecular weight excluding hydrogens is 286 g/mol. The third-order valence-electron chi connectivity index (χ3n) is 3.53. The van der Waals surface area contributed by atoms with Crippen LogP contribution in [0.25, 0.3) is 5.69 Å². The maximum absolute atomic E-state index is 12.1. The van der Waals surface area contributed by atoms with E-state index in [1.54, 1.807) is 10.9 Å². The molecule has 0 saturated carbocycles. The number of hydrogen-bond acceptors (Lipinski definition) is 3. The molecule has 0 unspecified atom stereocenters. The fraction of sp³-hybridized carbons (Fsp3) is 0.400. The van der Waals surface area contributed by atoms with Gasteiger partial charge in [0.15, 0.2) is 0 Å². The van der Waals surface area contributed by atoms with Gasteiger partial charge in [-0.25, -0.2) is 17.8 Å². The number of nitrogens with one attached hydrogen (secondary N) is 1. The summed E-state index contributed by atoms with van der Waals surface area (Å²) in [5.74, 6) is 0. The van der Waals surface area contributed by atoms with Gasteiger partial charge in [0, 0.05) is 18.9 Å². The minimum atomic E-state index is -3.24. The molecule has 6 heteroatoms. The molecule has 0 amide bonds. The molecule has 1 N–H and O–H groups in total. The summed E-state index contributed by atoms with van der Waals surface area (Å²) in [6, 6.07) is 9.53. The predicted molar refractivity (Wildman–Crippen MR) is 83.7 cm³/mol. The van der Waals surface area contributed by atoms with Gasteiger partial charge in [0.1, 0.15) is 0 Å². The van der Waals surface area contributed by atoms with Gasteiger partial charge < -0.3 is 0 Å². The summed E-state index contributed by atoms with van der Waals surface area (Å²) in [6.07, 6.45) is 4.84. The van der Waals surface area contributed by atoms with E-state index in [9.17, 15) is 8.42 Å². The van der Waals surface area contributed by atoms with Crippen LogP contribution in [0.1, 0.15) is 32.3 Å². The molecule has 0 aliphatic carbocycles. The highest BCUT2D eigenvalue weighted by Gasteiger charge is 2.21. The lowest BCUT2D eigenvalue weighted by atomic mass is 10.2. The Hall–Kier alpha value is -1.66. The summed E-state index contributed by atoms with van der Waals surface area (Å²) in [5.41, 5.74) is 1.88. The third-order valence-corrected chi connectivity index (χ3v) is 5.62. The summed E-state index contributed by atoms with van der Waals surface area (Å²) < 4.78 is 28.6. The third kappa shape index (κ3) is 3.92. The second-order valence-corrected chi connectivity index (χ2v) is 6.97. The van der Waals surface area contributed by atoms with Crippen LogP contribution in [0.15, 0.2) is 42.7 Å².